The van der Waals surface area contributed by atoms with Gasteiger partial charge in [0.2, 0.25) is 35.4 Å². The predicted molar refractivity (Wildman–Crippen MR) is 302 cm³/mol. The first-order chi connectivity index (χ1) is 40.0. The fourth-order valence-corrected chi connectivity index (χ4v) is 9.35. The van der Waals surface area contributed by atoms with Crippen LogP contribution in [0.4, 0.5) is 26.3 Å². The molecule has 6 amide bonds. The van der Waals surface area contributed by atoms with Crippen LogP contribution in [0.25, 0.3) is 0 Å². The second-order valence-electron chi connectivity index (χ2n) is 20.7. The third-order valence-electron chi connectivity index (χ3n) is 13.7. The number of alkyl halides is 6. The molecule has 22 heteroatoms. The number of carbonyl (C=O) groups excluding carboxylic acids is 6. The molecule has 2 aliphatic heterocycles. The van der Waals surface area contributed by atoms with Crippen molar-refractivity contribution >= 4 is 35.4 Å². The molecule has 444 valence electrons. The molecule has 0 spiro atoms. The molecule has 6 aromatic rings. The molecule has 0 saturated carbocycles. The van der Waals surface area contributed by atoms with E-state index in [1.165, 1.54) is 0 Å². The Hall–Kier alpha value is -8.76. The van der Waals surface area contributed by atoms with Crippen molar-refractivity contribution in [2.45, 2.75) is 100.0 Å². The van der Waals surface area contributed by atoms with E-state index in [2.05, 4.69) is 21.3 Å². The molecule has 2 heterocycles. The number of rotatable bonds is 11. The first-order valence-electron chi connectivity index (χ1n) is 27.1. The van der Waals surface area contributed by atoms with Crippen LogP contribution >= 0.6 is 0 Å². The van der Waals surface area contributed by atoms with Gasteiger partial charge in [0, 0.05) is 12.8 Å². The standard InChI is InChI=1S/C32H35F3N4O4.C30H31F3N4O4/c1-39(2)28-19-23-11-7-13-25(17-23)43-24-12-6-10-22(16-24)18-27(29(40)36-20-32(33,34)35)38-30(41)26(37-31(28)42)15-14-21-8-4-3-5-9-21;31-30(32,33)18-35-28(39)26-17-21-9-5-11-23(15-21)41-22-10-4-8-20(14-22)16-24(34)27(38)36-25(29(40)37-26)13-12-19-6-2-1-3-7-19/h3-13,16-17,26-28H,14-15,18-20H2,1-2H3,(H,36,40)(H,37,42)(H,38,41);1-11,14-15,24-26H,12-13,16-18,34H2,(H,35,39)(H,36,38)(H,37,40)/t26-,27-,28-;24-,25-,26-/m00/s1. The van der Waals surface area contributed by atoms with Crippen LogP contribution in [-0.2, 0) is 67.3 Å². The van der Waals surface area contributed by atoms with Crippen LogP contribution in [0.15, 0.2) is 158 Å². The molecule has 0 aromatic heterocycles. The van der Waals surface area contributed by atoms with Gasteiger partial charge in [0.1, 0.15) is 60.3 Å². The van der Waals surface area contributed by atoms with Gasteiger partial charge in [0.15, 0.2) is 0 Å². The Morgan fingerprint density at radius 3 is 1.21 bits per heavy atom. The summed E-state index contributed by atoms with van der Waals surface area (Å²) in [6.07, 6.45) is -7.77. The van der Waals surface area contributed by atoms with E-state index in [0.717, 1.165) is 22.3 Å². The number of benzene rings is 6. The first-order valence-corrected chi connectivity index (χ1v) is 27.1. The van der Waals surface area contributed by atoms with Crippen molar-refractivity contribution in [1.29, 1.82) is 0 Å². The summed E-state index contributed by atoms with van der Waals surface area (Å²) in [5.74, 6) is -2.47. The quantitative estimate of drug-likeness (QED) is 0.0660. The molecule has 6 aromatic carbocycles. The van der Waals surface area contributed by atoms with E-state index in [9.17, 15) is 55.1 Å². The summed E-state index contributed by atoms with van der Waals surface area (Å²) >= 11 is 0. The fourth-order valence-electron chi connectivity index (χ4n) is 9.35. The minimum absolute atomic E-state index is 0.105. The van der Waals surface area contributed by atoms with Crippen molar-refractivity contribution < 1.29 is 64.6 Å². The average Bonchev–Trinajstić information content (AvgIpc) is 3.66. The fraction of sp³-hybridized carbons (Fsp3) is 0.323. The second-order valence-corrected chi connectivity index (χ2v) is 20.7. The Labute approximate surface area is 482 Å². The molecule has 16 nitrogen and oxygen atoms in total. The van der Waals surface area contributed by atoms with Gasteiger partial charge < -0.3 is 47.1 Å². The zero-order valence-electron chi connectivity index (χ0n) is 46.1. The predicted octanol–water partition coefficient (Wildman–Crippen LogP) is 6.97. The van der Waals surface area contributed by atoms with Gasteiger partial charge in [0.05, 0.1) is 12.1 Å². The number of nitrogens with two attached hydrogens (primary N) is 1. The van der Waals surface area contributed by atoms with Crippen LogP contribution in [0, 0.1) is 0 Å². The number of likely N-dealkylation sites (N-methyl/N-ethyl adjacent to an activating group) is 1. The van der Waals surface area contributed by atoms with Gasteiger partial charge in [-0.15, -0.1) is 0 Å². The number of halogens is 6. The molecule has 0 aliphatic carbocycles. The summed E-state index contributed by atoms with van der Waals surface area (Å²) in [5.41, 5.74) is 10.8. The lowest BCUT2D eigenvalue weighted by atomic mass is 10.00. The van der Waals surface area contributed by atoms with Gasteiger partial charge in [-0.3, -0.25) is 33.7 Å². The molecule has 6 atom stereocenters. The summed E-state index contributed by atoms with van der Waals surface area (Å²) in [7, 11) is 3.52. The number of nitrogens with zero attached hydrogens (tertiary/aromatic N) is 1. The molecular formula is C62H66F6N8O8. The minimum atomic E-state index is -4.64. The number of hydrogen-bond acceptors (Lipinski definition) is 10. The molecule has 8 bridgehead atoms. The number of fused-ring (bicyclic) bond motifs is 8. The Morgan fingerprint density at radius 1 is 0.488 bits per heavy atom. The highest BCUT2D eigenvalue weighted by molar-refractivity contribution is 5.94. The number of nitrogens with one attached hydrogen (secondary N) is 6. The van der Waals surface area contributed by atoms with Crippen LogP contribution in [0.2, 0.25) is 0 Å². The Kier molecular flexibility index (Phi) is 22.0. The Morgan fingerprint density at radius 2 is 0.845 bits per heavy atom. The van der Waals surface area contributed by atoms with Crippen LogP contribution < -0.4 is 47.1 Å². The van der Waals surface area contributed by atoms with E-state index >= 15 is 0 Å². The lowest BCUT2D eigenvalue weighted by molar-refractivity contribution is -0.141. The largest absolute Gasteiger partial charge is 0.457 e. The molecule has 84 heavy (non-hydrogen) atoms. The van der Waals surface area contributed by atoms with E-state index in [1.54, 1.807) is 91.8 Å². The number of aryl methyl sites for hydroxylation is 2. The number of amides is 6. The number of ether oxygens (including phenoxy) is 2. The summed E-state index contributed by atoms with van der Waals surface area (Å²) < 4.78 is 89.4. The molecule has 2 aliphatic rings. The first kappa shape index (κ1) is 62.8. The van der Waals surface area contributed by atoms with Gasteiger partial charge in [0.25, 0.3) is 0 Å². The van der Waals surface area contributed by atoms with Crippen LogP contribution in [-0.4, -0.2) is 116 Å². The van der Waals surface area contributed by atoms with Crippen LogP contribution in [0.1, 0.15) is 46.2 Å². The maximum absolute atomic E-state index is 13.7. The van der Waals surface area contributed by atoms with Gasteiger partial charge >= 0.3 is 12.4 Å². The van der Waals surface area contributed by atoms with Crippen molar-refractivity contribution in [2.24, 2.45) is 5.73 Å². The SMILES string of the molecule is CN(C)[C@H]1Cc2cccc(c2)Oc2cccc(c2)C[C@@H](C(=O)NCC(F)(F)F)NC(=O)[C@H](CCc2ccccc2)NC1=O.N[C@H]1Cc2cccc(c2)Oc2cccc(c2)C[C@@H](C(=O)NCC(F)(F)F)NC(=O)[C@H](CCc2ccccc2)NC1=O. The normalized spacial score (nSPS) is 19.7. The van der Waals surface area contributed by atoms with Gasteiger partial charge in [-0.1, -0.05) is 109 Å². The van der Waals surface area contributed by atoms with E-state index in [4.69, 9.17) is 15.2 Å². The van der Waals surface area contributed by atoms with Crippen molar-refractivity contribution in [2.75, 3.05) is 27.2 Å². The number of hydrogen-bond donors (Lipinski definition) is 7. The van der Waals surface area contributed by atoms with E-state index < -0.39 is 97.1 Å². The molecule has 0 saturated heterocycles. The maximum atomic E-state index is 13.7. The molecule has 8 rings (SSSR count). The highest BCUT2D eigenvalue weighted by Gasteiger charge is 2.35. The van der Waals surface area contributed by atoms with Gasteiger partial charge in [-0.25, -0.2) is 0 Å². The van der Waals surface area contributed by atoms with Crippen LogP contribution in [0.5, 0.6) is 23.0 Å². The average molecular weight is 1170 g/mol. The third kappa shape index (κ3) is 20.3. The van der Waals surface area contributed by atoms with Crippen molar-refractivity contribution in [1.82, 2.24) is 36.8 Å². The number of carbonyl (C=O) groups is 6. The van der Waals surface area contributed by atoms with Gasteiger partial charge in [-0.2, -0.15) is 26.3 Å². The minimum Gasteiger partial charge on any atom is -0.457 e. The smallest absolute Gasteiger partial charge is 0.405 e. The van der Waals surface area contributed by atoms with Crippen LogP contribution in [0.3, 0.4) is 0 Å². The molecule has 0 radical (unpaired) electrons. The van der Waals surface area contributed by atoms with Crippen molar-refractivity contribution in [3.63, 3.8) is 0 Å². The van der Waals surface area contributed by atoms with E-state index in [1.807, 2.05) is 95.6 Å². The maximum Gasteiger partial charge on any atom is 0.405 e. The monoisotopic (exact) mass is 1160 g/mol. The van der Waals surface area contributed by atoms with Crippen molar-refractivity contribution in [3.05, 3.63) is 191 Å². The highest BCUT2D eigenvalue weighted by atomic mass is 19.4. The van der Waals surface area contributed by atoms with E-state index in [-0.39, 0.29) is 32.1 Å². The van der Waals surface area contributed by atoms with Gasteiger partial charge in [-0.05, 0) is 135 Å². The lowest BCUT2D eigenvalue weighted by Gasteiger charge is -2.28. The second kappa shape index (κ2) is 29.5. The van der Waals surface area contributed by atoms with E-state index in [0.29, 0.717) is 53.4 Å². The molecular weight excluding hydrogens is 1100 g/mol. The summed E-state index contributed by atoms with van der Waals surface area (Å²) in [6.45, 7) is -3.10. The molecule has 0 fully saturated rings. The zero-order chi connectivity index (χ0) is 60.4. The lowest BCUT2D eigenvalue weighted by Crippen LogP contribution is -2.57. The Balaban J connectivity index is 0.000000241. The summed E-state index contributed by atoms with van der Waals surface area (Å²) in [6, 6.07) is 40.0. The van der Waals surface area contributed by atoms with Crippen molar-refractivity contribution in [3.8, 4) is 23.0 Å². The zero-order valence-corrected chi connectivity index (χ0v) is 46.1. The Bertz CT molecular complexity index is 3210. The summed E-state index contributed by atoms with van der Waals surface area (Å²) in [5, 5.41) is 14.4. The highest BCUT2D eigenvalue weighted by Crippen LogP contribution is 2.27. The topological polar surface area (TPSA) is 222 Å². The summed E-state index contributed by atoms with van der Waals surface area (Å²) in [4.78, 5) is 81.4. The molecule has 0 unspecified atom stereocenters. The molecule has 8 N–H and O–H groups in total. The third-order valence-corrected chi connectivity index (χ3v) is 13.7.